The van der Waals surface area contributed by atoms with Crippen molar-refractivity contribution in [3.05, 3.63) is 64.7 Å². The molecule has 3 rings (SSSR count). The molecule has 0 amide bonds. The first kappa shape index (κ1) is 12.5. The average molecular weight is 267 g/mol. The number of oxime groups is 1. The van der Waals surface area contributed by atoms with E-state index in [1.54, 1.807) is 0 Å². The Morgan fingerprint density at radius 3 is 2.35 bits per heavy atom. The molecule has 0 saturated carbocycles. The van der Waals surface area contributed by atoms with Crippen LogP contribution in [0.25, 0.3) is 0 Å². The highest BCUT2D eigenvalue weighted by Gasteiger charge is 2.19. The van der Waals surface area contributed by atoms with Crippen molar-refractivity contribution >= 4 is 11.5 Å². The molecular formula is C16H17N3O. The van der Waals surface area contributed by atoms with Crippen molar-refractivity contribution in [2.75, 3.05) is 4.90 Å². The van der Waals surface area contributed by atoms with Gasteiger partial charge in [0, 0.05) is 24.3 Å². The SMILES string of the molecule is Cc1cc(N2Cc3ccccc3C2)ccc1/C(N)=N/O. The molecule has 0 aliphatic carbocycles. The van der Waals surface area contributed by atoms with E-state index in [2.05, 4.69) is 40.4 Å². The number of rotatable bonds is 2. The van der Waals surface area contributed by atoms with Gasteiger partial charge >= 0.3 is 0 Å². The molecule has 1 aliphatic heterocycles. The van der Waals surface area contributed by atoms with Crippen LogP contribution in [0.4, 0.5) is 5.69 Å². The maximum atomic E-state index is 8.76. The number of fused-ring (bicyclic) bond motifs is 1. The Balaban J connectivity index is 1.89. The van der Waals surface area contributed by atoms with E-state index in [-0.39, 0.29) is 5.84 Å². The number of hydrogen-bond acceptors (Lipinski definition) is 3. The van der Waals surface area contributed by atoms with Crippen molar-refractivity contribution in [2.45, 2.75) is 20.0 Å². The minimum Gasteiger partial charge on any atom is -0.409 e. The van der Waals surface area contributed by atoms with E-state index < -0.39 is 0 Å². The van der Waals surface area contributed by atoms with Gasteiger partial charge in [-0.1, -0.05) is 29.4 Å². The largest absolute Gasteiger partial charge is 0.409 e. The van der Waals surface area contributed by atoms with Gasteiger partial charge in [0.05, 0.1) is 0 Å². The molecule has 0 fully saturated rings. The molecule has 102 valence electrons. The Labute approximate surface area is 118 Å². The number of hydrogen-bond donors (Lipinski definition) is 2. The molecule has 0 aromatic heterocycles. The fourth-order valence-electron chi connectivity index (χ4n) is 2.70. The summed E-state index contributed by atoms with van der Waals surface area (Å²) in [6.07, 6.45) is 0. The fraction of sp³-hybridized carbons (Fsp3) is 0.188. The van der Waals surface area contributed by atoms with Crippen molar-refractivity contribution in [3.63, 3.8) is 0 Å². The van der Waals surface area contributed by atoms with Gasteiger partial charge in [0.1, 0.15) is 0 Å². The van der Waals surface area contributed by atoms with Gasteiger partial charge in [-0.15, -0.1) is 0 Å². The summed E-state index contributed by atoms with van der Waals surface area (Å²) in [5.74, 6) is 0.152. The van der Waals surface area contributed by atoms with Crippen LogP contribution in [0, 0.1) is 6.92 Å². The van der Waals surface area contributed by atoms with Crippen molar-refractivity contribution in [3.8, 4) is 0 Å². The maximum absolute atomic E-state index is 8.76. The Bertz CT molecular complexity index is 654. The van der Waals surface area contributed by atoms with Crippen LogP contribution in [0.1, 0.15) is 22.3 Å². The standard InChI is InChI=1S/C16H17N3O/c1-11-8-14(6-7-15(11)16(17)18-20)19-9-12-4-2-3-5-13(12)10-19/h2-8,20H,9-10H2,1H3,(H2,17,18). The molecule has 4 nitrogen and oxygen atoms in total. The van der Waals surface area contributed by atoms with Crippen LogP contribution in [0.15, 0.2) is 47.6 Å². The monoisotopic (exact) mass is 267 g/mol. The number of anilines is 1. The second-order valence-electron chi connectivity index (χ2n) is 5.11. The Kier molecular flexibility index (Phi) is 3.06. The van der Waals surface area contributed by atoms with E-state index in [9.17, 15) is 0 Å². The summed E-state index contributed by atoms with van der Waals surface area (Å²) < 4.78 is 0. The molecule has 0 radical (unpaired) electrons. The molecule has 0 unspecified atom stereocenters. The zero-order valence-corrected chi connectivity index (χ0v) is 11.4. The van der Waals surface area contributed by atoms with Crippen molar-refractivity contribution < 1.29 is 5.21 Å². The van der Waals surface area contributed by atoms with E-state index in [1.807, 2.05) is 19.1 Å². The van der Waals surface area contributed by atoms with Crippen LogP contribution in [0.2, 0.25) is 0 Å². The van der Waals surface area contributed by atoms with Gasteiger partial charge in [0.25, 0.3) is 0 Å². The van der Waals surface area contributed by atoms with Crippen LogP contribution in [-0.4, -0.2) is 11.0 Å². The molecule has 0 saturated heterocycles. The molecule has 0 spiro atoms. The number of nitrogens with zero attached hydrogens (tertiary/aromatic N) is 2. The quantitative estimate of drug-likeness (QED) is 0.380. The molecular weight excluding hydrogens is 250 g/mol. The molecule has 0 atom stereocenters. The topological polar surface area (TPSA) is 61.8 Å². The lowest BCUT2D eigenvalue weighted by molar-refractivity contribution is 0.318. The zero-order chi connectivity index (χ0) is 14.1. The predicted octanol–water partition coefficient (Wildman–Crippen LogP) is 2.61. The first-order valence-electron chi connectivity index (χ1n) is 6.59. The lowest BCUT2D eigenvalue weighted by Crippen LogP contribution is -2.17. The molecule has 2 aromatic rings. The molecule has 3 N–H and O–H groups in total. The van der Waals surface area contributed by atoms with Crippen molar-refractivity contribution in [1.82, 2.24) is 0 Å². The second kappa shape index (κ2) is 4.89. The summed E-state index contributed by atoms with van der Waals surface area (Å²) in [7, 11) is 0. The van der Waals surface area contributed by atoms with Gasteiger partial charge in [0.2, 0.25) is 0 Å². The minimum absolute atomic E-state index is 0.152. The van der Waals surface area contributed by atoms with Gasteiger partial charge < -0.3 is 15.8 Å². The Morgan fingerprint density at radius 1 is 1.15 bits per heavy atom. The lowest BCUT2D eigenvalue weighted by Gasteiger charge is -2.19. The van der Waals surface area contributed by atoms with Crippen molar-refractivity contribution in [2.24, 2.45) is 10.9 Å². The Hall–Kier alpha value is -2.49. The van der Waals surface area contributed by atoms with Gasteiger partial charge in [0.15, 0.2) is 5.84 Å². The molecule has 4 heteroatoms. The lowest BCUT2D eigenvalue weighted by atomic mass is 10.1. The second-order valence-corrected chi connectivity index (χ2v) is 5.11. The van der Waals surface area contributed by atoms with Crippen LogP contribution in [-0.2, 0) is 13.1 Å². The van der Waals surface area contributed by atoms with Crippen LogP contribution < -0.4 is 10.6 Å². The number of benzene rings is 2. The van der Waals surface area contributed by atoms with Crippen LogP contribution >= 0.6 is 0 Å². The van der Waals surface area contributed by atoms with Gasteiger partial charge in [-0.05, 0) is 41.8 Å². The summed E-state index contributed by atoms with van der Waals surface area (Å²) in [6.45, 7) is 3.83. The number of aryl methyl sites for hydroxylation is 1. The third-order valence-electron chi connectivity index (χ3n) is 3.80. The van der Waals surface area contributed by atoms with E-state index in [1.165, 1.54) is 11.1 Å². The van der Waals surface area contributed by atoms with E-state index in [0.717, 1.165) is 29.9 Å². The molecule has 0 bridgehead atoms. The summed E-state index contributed by atoms with van der Waals surface area (Å²) >= 11 is 0. The molecule has 1 aliphatic rings. The first-order chi connectivity index (χ1) is 9.69. The van der Waals surface area contributed by atoms with E-state index in [4.69, 9.17) is 10.9 Å². The molecule has 2 aromatic carbocycles. The summed E-state index contributed by atoms with van der Waals surface area (Å²) in [6, 6.07) is 14.5. The first-order valence-corrected chi connectivity index (χ1v) is 6.59. The zero-order valence-electron chi connectivity index (χ0n) is 11.4. The molecule has 20 heavy (non-hydrogen) atoms. The van der Waals surface area contributed by atoms with Gasteiger partial charge in [-0.2, -0.15) is 0 Å². The third-order valence-corrected chi connectivity index (χ3v) is 3.80. The minimum atomic E-state index is 0.152. The summed E-state index contributed by atoms with van der Waals surface area (Å²) in [4.78, 5) is 2.33. The number of amidine groups is 1. The van der Waals surface area contributed by atoms with Crippen LogP contribution in [0.3, 0.4) is 0 Å². The Morgan fingerprint density at radius 2 is 1.80 bits per heavy atom. The van der Waals surface area contributed by atoms with E-state index in [0.29, 0.717) is 0 Å². The number of nitrogens with two attached hydrogens (primary N) is 1. The normalized spacial score (nSPS) is 14.4. The summed E-state index contributed by atoms with van der Waals surface area (Å²) in [5.41, 5.74) is 11.4. The highest BCUT2D eigenvalue weighted by molar-refractivity contribution is 5.98. The third kappa shape index (κ3) is 2.09. The van der Waals surface area contributed by atoms with Crippen LogP contribution in [0.5, 0.6) is 0 Å². The smallest absolute Gasteiger partial charge is 0.170 e. The predicted molar refractivity (Wildman–Crippen MR) is 80.0 cm³/mol. The molecule has 1 heterocycles. The van der Waals surface area contributed by atoms with Gasteiger partial charge in [-0.25, -0.2) is 0 Å². The van der Waals surface area contributed by atoms with Gasteiger partial charge in [-0.3, -0.25) is 0 Å². The average Bonchev–Trinajstić information content (AvgIpc) is 2.90. The maximum Gasteiger partial charge on any atom is 0.170 e. The highest BCUT2D eigenvalue weighted by atomic mass is 16.4. The van der Waals surface area contributed by atoms with E-state index >= 15 is 0 Å². The fourth-order valence-corrected chi connectivity index (χ4v) is 2.70. The highest BCUT2D eigenvalue weighted by Crippen LogP contribution is 2.29. The summed E-state index contributed by atoms with van der Waals surface area (Å²) in [5, 5.41) is 11.8. The van der Waals surface area contributed by atoms with Crippen molar-refractivity contribution in [1.29, 1.82) is 0 Å².